The summed E-state index contributed by atoms with van der Waals surface area (Å²) < 4.78 is 11.8. The molecule has 13 nitrogen and oxygen atoms in total. The van der Waals surface area contributed by atoms with Crippen LogP contribution in [0.5, 0.6) is 11.5 Å². The van der Waals surface area contributed by atoms with E-state index in [2.05, 4.69) is 67.0 Å². The Morgan fingerprint density at radius 1 is 0.741 bits per heavy atom. The van der Waals surface area contributed by atoms with Gasteiger partial charge in [0, 0.05) is 90.0 Å². The second-order valence-electron chi connectivity index (χ2n) is 15.0. The summed E-state index contributed by atoms with van der Waals surface area (Å²) in [4.78, 5) is 61.7. The molecule has 0 aliphatic carbocycles. The summed E-state index contributed by atoms with van der Waals surface area (Å²) >= 11 is 0. The maximum absolute atomic E-state index is 13.1. The Hall–Kier alpha value is -6.60. The minimum Gasteiger partial charge on any atom is -0.493 e. The van der Waals surface area contributed by atoms with Crippen molar-refractivity contribution in [3.05, 3.63) is 121 Å². The van der Waals surface area contributed by atoms with Crippen LogP contribution in [0.1, 0.15) is 52.1 Å². The number of amides is 3. The van der Waals surface area contributed by atoms with E-state index in [1.165, 1.54) is 5.39 Å². The zero-order valence-electron chi connectivity index (χ0n) is 32.2. The topological polar surface area (TPSA) is 146 Å². The number of nitrogens with zero attached hydrogens (tertiary/aromatic N) is 6. The highest BCUT2D eigenvalue weighted by Gasteiger charge is 2.44. The van der Waals surface area contributed by atoms with Crippen molar-refractivity contribution in [1.29, 1.82) is 0 Å². The fraction of sp³-hybridized carbons (Fsp3) is 0.289. The molecule has 2 aromatic carbocycles. The molecular weight excluding hydrogens is 733 g/mol. The Bertz CT molecular complexity index is 2510. The Morgan fingerprint density at radius 2 is 1.55 bits per heavy atom. The molecule has 0 bridgehead atoms. The number of anilines is 1. The molecule has 3 amide bonds. The number of carbonyl (C=O) groups is 3. The van der Waals surface area contributed by atoms with Crippen LogP contribution in [0.15, 0.2) is 104 Å². The predicted molar refractivity (Wildman–Crippen MR) is 221 cm³/mol. The number of aromatic nitrogens is 4. The molecule has 3 aliphatic heterocycles. The molecule has 294 valence electrons. The Morgan fingerprint density at radius 3 is 2.34 bits per heavy atom. The van der Waals surface area contributed by atoms with E-state index in [4.69, 9.17) is 14.5 Å². The zero-order valence-corrected chi connectivity index (χ0v) is 32.2. The highest BCUT2D eigenvalue weighted by atomic mass is 16.5. The number of allylic oxidation sites excluding steroid dienone is 1. The summed E-state index contributed by atoms with van der Waals surface area (Å²) in [6, 6.07) is 20.8. The van der Waals surface area contributed by atoms with Crippen molar-refractivity contribution in [2.24, 2.45) is 0 Å². The van der Waals surface area contributed by atoms with Gasteiger partial charge in [-0.15, -0.1) is 0 Å². The number of H-pyrrole nitrogens is 1. The number of fused-ring (bicyclic) bond motifs is 4. The van der Waals surface area contributed by atoms with Crippen LogP contribution in [0, 0.1) is 0 Å². The van der Waals surface area contributed by atoms with Crippen LogP contribution in [0.25, 0.3) is 32.9 Å². The maximum Gasteiger partial charge on any atom is 0.262 e. The van der Waals surface area contributed by atoms with Gasteiger partial charge < -0.3 is 24.7 Å². The number of pyridine rings is 3. The Kier molecular flexibility index (Phi) is 10.3. The van der Waals surface area contributed by atoms with Crippen LogP contribution in [0.3, 0.4) is 0 Å². The molecule has 6 aromatic rings. The average Bonchev–Trinajstić information content (AvgIpc) is 3.74. The van der Waals surface area contributed by atoms with E-state index in [0.29, 0.717) is 49.7 Å². The molecule has 0 radical (unpaired) electrons. The van der Waals surface area contributed by atoms with Crippen molar-refractivity contribution in [2.75, 3.05) is 50.8 Å². The predicted octanol–water partition coefficient (Wildman–Crippen LogP) is 6.16. The first kappa shape index (κ1) is 37.0. The summed E-state index contributed by atoms with van der Waals surface area (Å²) in [6.07, 6.45) is 10.9. The highest BCUT2D eigenvalue weighted by Crippen LogP contribution is 2.32. The molecule has 2 fully saturated rings. The van der Waals surface area contributed by atoms with Gasteiger partial charge in [0.25, 0.3) is 11.8 Å². The lowest BCUT2D eigenvalue weighted by Gasteiger charge is -2.35. The third-order valence-electron chi connectivity index (χ3n) is 11.2. The van der Waals surface area contributed by atoms with Gasteiger partial charge in [-0.1, -0.05) is 24.8 Å². The number of hydrogen-bond acceptors (Lipinski definition) is 10. The van der Waals surface area contributed by atoms with Crippen LogP contribution in [-0.2, 0) is 11.2 Å². The normalized spacial score (nSPS) is 17.3. The number of rotatable bonds is 13. The standard InChI is InChI=1S/C45H44N8O5/c1-29-5-13-41(43(54)49-29)53-44(55)36-12-9-33(25-37(36)45(53)56)57-22-3-23-58-34-10-14-42(48-27-34)52-20-18-51(19-21-52)17-2-4-32-8-6-31(26-47-32)30-7-11-35-38-28-46-16-15-39(38)50-40(35)24-30/h6-12,14-16,24-28,41,50H,1-5,13,17-23H2,(H,49,54). The largest absolute Gasteiger partial charge is 0.493 e. The van der Waals surface area contributed by atoms with E-state index in [-0.39, 0.29) is 17.0 Å². The van der Waals surface area contributed by atoms with E-state index in [1.54, 1.807) is 24.4 Å². The number of hydrogen-bond donors (Lipinski definition) is 2. The molecule has 4 aromatic heterocycles. The number of aryl methyl sites for hydroxylation is 1. The van der Waals surface area contributed by atoms with Gasteiger partial charge in [0.05, 0.1) is 30.5 Å². The molecular formula is C45H44N8O5. The van der Waals surface area contributed by atoms with Crippen molar-refractivity contribution in [3.63, 3.8) is 0 Å². The second-order valence-corrected chi connectivity index (χ2v) is 15.0. The quantitative estimate of drug-likeness (QED) is 0.103. The third-order valence-corrected chi connectivity index (χ3v) is 11.2. The summed E-state index contributed by atoms with van der Waals surface area (Å²) in [5.74, 6) is 0.771. The Labute approximate surface area is 335 Å². The minimum absolute atomic E-state index is 0.244. The van der Waals surface area contributed by atoms with E-state index in [1.807, 2.05) is 36.8 Å². The van der Waals surface area contributed by atoms with Crippen molar-refractivity contribution in [3.8, 4) is 22.6 Å². The summed E-state index contributed by atoms with van der Waals surface area (Å²) in [5.41, 5.74) is 6.67. The summed E-state index contributed by atoms with van der Waals surface area (Å²) in [7, 11) is 0. The second kappa shape index (κ2) is 16.1. The van der Waals surface area contributed by atoms with Gasteiger partial charge >= 0.3 is 0 Å². The van der Waals surface area contributed by atoms with E-state index in [9.17, 15) is 14.4 Å². The summed E-state index contributed by atoms with van der Waals surface area (Å²) in [6.45, 7) is 9.40. The van der Waals surface area contributed by atoms with Gasteiger partial charge in [-0.25, -0.2) is 4.98 Å². The average molecular weight is 777 g/mol. The SMILES string of the molecule is C=C1CCC(N2C(=O)c3ccc(OCCCOc4ccc(N5CCN(CCCc6ccc(-c7ccc8c(c7)[nH]c7ccncc78)cn6)CC5)nc4)cc3C2=O)C(=O)N1. The van der Waals surface area contributed by atoms with Crippen LogP contribution >= 0.6 is 0 Å². The molecule has 2 N–H and O–H groups in total. The monoisotopic (exact) mass is 776 g/mol. The molecule has 0 spiro atoms. The number of piperidine rings is 1. The Balaban J connectivity index is 0.675. The van der Waals surface area contributed by atoms with Gasteiger partial charge in [-0.05, 0) is 86.3 Å². The fourth-order valence-corrected chi connectivity index (χ4v) is 8.06. The first-order valence-electron chi connectivity index (χ1n) is 19.9. The van der Waals surface area contributed by atoms with Crippen molar-refractivity contribution in [1.82, 2.24) is 35.1 Å². The van der Waals surface area contributed by atoms with Crippen LogP contribution < -0.4 is 19.7 Å². The molecule has 7 heterocycles. The van der Waals surface area contributed by atoms with Crippen LogP contribution in [-0.4, -0.2) is 99.4 Å². The van der Waals surface area contributed by atoms with Crippen LogP contribution in [0.4, 0.5) is 5.82 Å². The number of carbonyl (C=O) groups excluding carboxylic acids is 3. The third kappa shape index (κ3) is 7.60. The number of piperazine rings is 1. The lowest BCUT2D eigenvalue weighted by atomic mass is 10.0. The van der Waals surface area contributed by atoms with Crippen molar-refractivity contribution in [2.45, 2.75) is 38.1 Å². The van der Waals surface area contributed by atoms with Crippen molar-refractivity contribution < 1.29 is 23.9 Å². The van der Waals surface area contributed by atoms with Gasteiger partial charge in [0.2, 0.25) is 5.91 Å². The fourth-order valence-electron chi connectivity index (χ4n) is 8.06. The molecule has 0 saturated carbocycles. The van der Waals surface area contributed by atoms with Gasteiger partial charge in [0.15, 0.2) is 0 Å². The molecule has 1 atom stereocenters. The van der Waals surface area contributed by atoms with E-state index >= 15 is 0 Å². The van der Waals surface area contributed by atoms with Gasteiger partial charge in [-0.3, -0.25) is 34.2 Å². The lowest BCUT2D eigenvalue weighted by molar-refractivity contribution is -0.125. The number of aromatic amines is 1. The van der Waals surface area contributed by atoms with Crippen molar-refractivity contribution >= 4 is 45.3 Å². The van der Waals surface area contributed by atoms with Crippen LogP contribution in [0.2, 0.25) is 0 Å². The molecule has 1 unspecified atom stereocenters. The molecule has 58 heavy (non-hydrogen) atoms. The molecule has 3 aliphatic rings. The smallest absolute Gasteiger partial charge is 0.262 e. The van der Waals surface area contributed by atoms with Gasteiger partial charge in [-0.2, -0.15) is 0 Å². The number of imide groups is 1. The number of benzene rings is 2. The molecule has 13 heteroatoms. The first-order chi connectivity index (χ1) is 28.4. The van der Waals surface area contributed by atoms with E-state index in [0.717, 1.165) is 89.5 Å². The van der Waals surface area contributed by atoms with E-state index < -0.39 is 17.9 Å². The van der Waals surface area contributed by atoms with Gasteiger partial charge in [0.1, 0.15) is 23.4 Å². The maximum atomic E-state index is 13.1. The first-order valence-corrected chi connectivity index (χ1v) is 19.9. The molecule has 2 saturated heterocycles. The zero-order chi connectivity index (χ0) is 39.6. The molecule has 9 rings (SSSR count). The highest BCUT2D eigenvalue weighted by molar-refractivity contribution is 6.23. The minimum atomic E-state index is -0.845. The lowest BCUT2D eigenvalue weighted by Crippen LogP contribution is -2.51. The number of ether oxygens (including phenoxy) is 2. The number of nitrogens with one attached hydrogen (secondary N) is 2. The summed E-state index contributed by atoms with van der Waals surface area (Å²) in [5, 5.41) is 4.97.